The Bertz CT molecular complexity index is 447. The second-order valence-corrected chi connectivity index (χ2v) is 5.45. The minimum absolute atomic E-state index is 0.0558. The summed E-state index contributed by atoms with van der Waals surface area (Å²) in [6, 6.07) is 0. The zero-order chi connectivity index (χ0) is 14.7. The lowest BCUT2D eigenvalue weighted by molar-refractivity contribution is -0.0424. The van der Waals surface area contributed by atoms with E-state index < -0.39 is 0 Å². The van der Waals surface area contributed by atoms with Crippen LogP contribution in [0.5, 0.6) is 0 Å². The molecule has 6 heteroatoms. The monoisotopic (exact) mass is 282 g/mol. The quantitative estimate of drug-likeness (QED) is 0.820. The van der Waals surface area contributed by atoms with E-state index >= 15 is 0 Å². The summed E-state index contributed by atoms with van der Waals surface area (Å²) in [5.41, 5.74) is 2.29. The number of hydrogen-bond acceptors (Lipinski definition) is 5. The summed E-state index contributed by atoms with van der Waals surface area (Å²) in [7, 11) is 1.98. The number of morpholine rings is 1. The summed E-state index contributed by atoms with van der Waals surface area (Å²) in [5.74, 6) is 1.14. The first-order valence-electron chi connectivity index (χ1n) is 7.31. The SMILES string of the molecule is CCNCc1c(C)nn(C)c1N1CC(C)OC(CO)C1. The lowest BCUT2D eigenvalue weighted by Gasteiger charge is -2.37. The molecule has 0 spiro atoms. The molecular weight excluding hydrogens is 256 g/mol. The van der Waals surface area contributed by atoms with Crippen LogP contribution < -0.4 is 10.2 Å². The van der Waals surface area contributed by atoms with Crippen LogP contribution >= 0.6 is 0 Å². The van der Waals surface area contributed by atoms with Crippen LogP contribution in [0.1, 0.15) is 25.1 Å². The molecule has 2 heterocycles. The van der Waals surface area contributed by atoms with Crippen LogP contribution in [-0.4, -0.2) is 53.3 Å². The van der Waals surface area contributed by atoms with Crippen LogP contribution in [0.25, 0.3) is 0 Å². The van der Waals surface area contributed by atoms with E-state index in [0.717, 1.165) is 31.1 Å². The van der Waals surface area contributed by atoms with Gasteiger partial charge in [-0.05, 0) is 20.4 Å². The van der Waals surface area contributed by atoms with Crippen LogP contribution in [-0.2, 0) is 18.3 Å². The van der Waals surface area contributed by atoms with Gasteiger partial charge in [-0.2, -0.15) is 5.10 Å². The number of aliphatic hydroxyl groups excluding tert-OH is 1. The topological polar surface area (TPSA) is 62.6 Å². The summed E-state index contributed by atoms with van der Waals surface area (Å²) in [6.45, 7) is 9.54. The normalized spacial score (nSPS) is 23.4. The van der Waals surface area contributed by atoms with E-state index in [1.165, 1.54) is 5.56 Å². The number of aromatic nitrogens is 2. The van der Waals surface area contributed by atoms with Crippen molar-refractivity contribution >= 4 is 5.82 Å². The number of ether oxygens (including phenoxy) is 1. The fourth-order valence-electron chi connectivity index (χ4n) is 2.86. The Labute approximate surface area is 120 Å². The summed E-state index contributed by atoms with van der Waals surface area (Å²) in [4.78, 5) is 2.28. The molecule has 1 aliphatic heterocycles. The van der Waals surface area contributed by atoms with Gasteiger partial charge in [0, 0.05) is 32.2 Å². The third-order valence-corrected chi connectivity index (χ3v) is 3.69. The maximum Gasteiger partial charge on any atom is 0.131 e. The Morgan fingerprint density at radius 1 is 1.45 bits per heavy atom. The van der Waals surface area contributed by atoms with Crippen molar-refractivity contribution in [1.29, 1.82) is 0 Å². The van der Waals surface area contributed by atoms with Gasteiger partial charge in [-0.3, -0.25) is 4.68 Å². The van der Waals surface area contributed by atoms with Gasteiger partial charge in [0.15, 0.2) is 0 Å². The van der Waals surface area contributed by atoms with Gasteiger partial charge in [0.1, 0.15) is 5.82 Å². The largest absolute Gasteiger partial charge is 0.394 e. The maximum absolute atomic E-state index is 9.37. The van der Waals surface area contributed by atoms with Crippen molar-refractivity contribution in [1.82, 2.24) is 15.1 Å². The van der Waals surface area contributed by atoms with E-state index in [0.29, 0.717) is 6.54 Å². The second kappa shape index (κ2) is 6.56. The van der Waals surface area contributed by atoms with Gasteiger partial charge in [0.25, 0.3) is 0 Å². The molecule has 20 heavy (non-hydrogen) atoms. The van der Waals surface area contributed by atoms with Gasteiger partial charge in [0.2, 0.25) is 0 Å². The Morgan fingerprint density at radius 2 is 2.20 bits per heavy atom. The Kier molecular flexibility index (Phi) is 5.01. The average molecular weight is 282 g/mol. The van der Waals surface area contributed by atoms with Gasteiger partial charge >= 0.3 is 0 Å². The number of aliphatic hydroxyl groups is 1. The highest BCUT2D eigenvalue weighted by Crippen LogP contribution is 2.26. The fourth-order valence-corrected chi connectivity index (χ4v) is 2.86. The first-order valence-corrected chi connectivity index (χ1v) is 7.31. The minimum atomic E-state index is -0.124. The van der Waals surface area contributed by atoms with E-state index in [1.54, 1.807) is 0 Å². The summed E-state index contributed by atoms with van der Waals surface area (Å²) in [5, 5.41) is 17.3. The number of aryl methyl sites for hydroxylation is 2. The lowest BCUT2D eigenvalue weighted by Crippen LogP contribution is -2.49. The molecule has 2 N–H and O–H groups in total. The number of nitrogens with zero attached hydrogens (tertiary/aromatic N) is 3. The Morgan fingerprint density at radius 3 is 2.85 bits per heavy atom. The molecule has 1 aromatic heterocycles. The van der Waals surface area contributed by atoms with Gasteiger partial charge in [-0.15, -0.1) is 0 Å². The molecular formula is C14H26N4O2. The molecule has 2 rings (SSSR count). The molecule has 2 atom stereocenters. The predicted octanol–water partition coefficient (Wildman–Crippen LogP) is 0.424. The molecule has 1 aromatic rings. The Balaban J connectivity index is 2.26. The lowest BCUT2D eigenvalue weighted by atomic mass is 10.1. The average Bonchev–Trinajstić information content (AvgIpc) is 2.69. The Hall–Kier alpha value is -1.11. The van der Waals surface area contributed by atoms with E-state index in [-0.39, 0.29) is 18.8 Å². The highest BCUT2D eigenvalue weighted by Gasteiger charge is 2.28. The van der Waals surface area contributed by atoms with Crippen LogP contribution in [0.4, 0.5) is 5.82 Å². The molecule has 2 unspecified atom stereocenters. The molecule has 0 radical (unpaired) electrons. The molecule has 0 aromatic carbocycles. The zero-order valence-corrected chi connectivity index (χ0v) is 12.9. The van der Waals surface area contributed by atoms with Crippen molar-refractivity contribution in [2.45, 2.75) is 39.5 Å². The van der Waals surface area contributed by atoms with Crippen molar-refractivity contribution < 1.29 is 9.84 Å². The van der Waals surface area contributed by atoms with Crippen LogP contribution in [0.2, 0.25) is 0 Å². The highest BCUT2D eigenvalue weighted by molar-refractivity contribution is 5.50. The van der Waals surface area contributed by atoms with Crippen LogP contribution in [0.15, 0.2) is 0 Å². The molecule has 0 amide bonds. The van der Waals surface area contributed by atoms with Crippen molar-refractivity contribution in [3.8, 4) is 0 Å². The number of anilines is 1. The van der Waals surface area contributed by atoms with E-state index in [1.807, 2.05) is 25.6 Å². The number of nitrogens with one attached hydrogen (secondary N) is 1. The third-order valence-electron chi connectivity index (χ3n) is 3.69. The minimum Gasteiger partial charge on any atom is -0.394 e. The molecule has 114 valence electrons. The first kappa shape index (κ1) is 15.3. The number of hydrogen-bond donors (Lipinski definition) is 2. The first-order chi connectivity index (χ1) is 9.56. The van der Waals surface area contributed by atoms with E-state index in [2.05, 4.69) is 22.2 Å². The molecule has 1 fully saturated rings. The van der Waals surface area contributed by atoms with Crippen LogP contribution in [0, 0.1) is 6.92 Å². The molecule has 0 aliphatic carbocycles. The molecule has 6 nitrogen and oxygen atoms in total. The fraction of sp³-hybridized carbons (Fsp3) is 0.786. The summed E-state index contributed by atoms with van der Waals surface area (Å²) < 4.78 is 7.66. The van der Waals surface area contributed by atoms with Crippen LogP contribution in [0.3, 0.4) is 0 Å². The van der Waals surface area contributed by atoms with Gasteiger partial charge < -0.3 is 20.1 Å². The van der Waals surface area contributed by atoms with Crippen molar-refractivity contribution in [2.24, 2.45) is 7.05 Å². The van der Waals surface area contributed by atoms with Crippen molar-refractivity contribution in [3.05, 3.63) is 11.3 Å². The second-order valence-electron chi connectivity index (χ2n) is 5.45. The maximum atomic E-state index is 9.37. The molecule has 0 saturated carbocycles. The predicted molar refractivity (Wildman–Crippen MR) is 79.0 cm³/mol. The van der Waals surface area contributed by atoms with Gasteiger partial charge in [-0.1, -0.05) is 6.92 Å². The summed E-state index contributed by atoms with van der Waals surface area (Å²) >= 11 is 0. The standard InChI is InChI=1S/C14H26N4O2/c1-5-15-6-13-11(3)16-17(4)14(13)18-7-10(2)20-12(8-18)9-19/h10,12,15,19H,5-9H2,1-4H3. The zero-order valence-electron chi connectivity index (χ0n) is 12.9. The van der Waals surface area contributed by atoms with Crippen molar-refractivity contribution in [3.63, 3.8) is 0 Å². The van der Waals surface area contributed by atoms with Crippen molar-refractivity contribution in [2.75, 3.05) is 31.1 Å². The summed E-state index contributed by atoms with van der Waals surface area (Å²) in [6.07, 6.45) is -0.0102. The third kappa shape index (κ3) is 3.13. The smallest absolute Gasteiger partial charge is 0.131 e. The highest BCUT2D eigenvalue weighted by atomic mass is 16.5. The molecule has 0 bridgehead atoms. The van der Waals surface area contributed by atoms with E-state index in [4.69, 9.17) is 4.74 Å². The van der Waals surface area contributed by atoms with E-state index in [9.17, 15) is 5.11 Å². The molecule has 1 aliphatic rings. The van der Waals surface area contributed by atoms with Gasteiger partial charge in [0.05, 0.1) is 24.5 Å². The number of rotatable bonds is 5. The molecule has 1 saturated heterocycles. The van der Waals surface area contributed by atoms with Gasteiger partial charge in [-0.25, -0.2) is 0 Å².